The summed E-state index contributed by atoms with van der Waals surface area (Å²) in [6.45, 7) is 2.49. The van der Waals surface area contributed by atoms with Gasteiger partial charge in [-0.1, -0.05) is 71.1 Å². The van der Waals surface area contributed by atoms with Crippen molar-refractivity contribution < 1.29 is 24.5 Å². The summed E-state index contributed by atoms with van der Waals surface area (Å²) in [7, 11) is 0. The van der Waals surface area contributed by atoms with Crippen LogP contribution in [0.1, 0.15) is 90.4 Å². The minimum Gasteiger partial charge on any atom is -0.464 e. The number of amides is 1. The van der Waals surface area contributed by atoms with Crippen molar-refractivity contribution in [3.8, 4) is 0 Å². The molecular formula is C23H48N4O5. The van der Waals surface area contributed by atoms with E-state index >= 15 is 0 Å². The average molecular weight is 461 g/mol. The summed E-state index contributed by atoms with van der Waals surface area (Å²) < 4.78 is 5.04. The standard InChI is InChI=1S/C23H48N4O5/c1-2-3-4-5-6-7-8-9-10-11-12-13-21(30)27-23(25-15-17-28,26-16-18-29)20-22(31)32-19-14-24/h25-26,28-29H,2-20,24H2,1H3,(H,27,30). The molecule has 0 saturated heterocycles. The lowest BCUT2D eigenvalue weighted by atomic mass is 10.1. The van der Waals surface area contributed by atoms with E-state index in [4.69, 9.17) is 10.5 Å². The Morgan fingerprint density at radius 2 is 1.34 bits per heavy atom. The molecule has 0 fully saturated rings. The Morgan fingerprint density at radius 1 is 0.844 bits per heavy atom. The van der Waals surface area contributed by atoms with Crippen molar-refractivity contribution in [2.24, 2.45) is 5.73 Å². The smallest absolute Gasteiger partial charge is 0.311 e. The highest BCUT2D eigenvalue weighted by Crippen LogP contribution is 2.12. The third-order valence-electron chi connectivity index (χ3n) is 5.23. The molecule has 0 atom stereocenters. The molecule has 9 nitrogen and oxygen atoms in total. The second-order valence-electron chi connectivity index (χ2n) is 8.23. The van der Waals surface area contributed by atoms with E-state index in [0.717, 1.165) is 19.3 Å². The van der Waals surface area contributed by atoms with E-state index in [1.165, 1.54) is 51.4 Å². The van der Waals surface area contributed by atoms with Crippen LogP contribution in [-0.4, -0.2) is 67.3 Å². The Morgan fingerprint density at radius 3 is 1.81 bits per heavy atom. The molecule has 0 radical (unpaired) electrons. The topological polar surface area (TPSA) is 146 Å². The van der Waals surface area contributed by atoms with Crippen LogP contribution in [0.15, 0.2) is 0 Å². The molecule has 0 aromatic carbocycles. The molecule has 0 aliphatic carbocycles. The normalized spacial score (nSPS) is 11.5. The number of rotatable bonds is 23. The van der Waals surface area contributed by atoms with Gasteiger partial charge in [-0.15, -0.1) is 0 Å². The van der Waals surface area contributed by atoms with Gasteiger partial charge in [0.25, 0.3) is 0 Å². The summed E-state index contributed by atoms with van der Waals surface area (Å²) in [4.78, 5) is 24.7. The first-order valence-corrected chi connectivity index (χ1v) is 12.4. The first-order chi connectivity index (χ1) is 15.5. The number of hydrogen-bond acceptors (Lipinski definition) is 8. The van der Waals surface area contributed by atoms with Crippen molar-refractivity contribution in [1.82, 2.24) is 16.0 Å². The maximum Gasteiger partial charge on any atom is 0.311 e. The van der Waals surface area contributed by atoms with Crippen molar-refractivity contribution in [1.29, 1.82) is 0 Å². The third-order valence-corrected chi connectivity index (χ3v) is 5.23. The quantitative estimate of drug-likeness (QED) is 0.0764. The Labute approximate surface area is 194 Å². The number of nitrogens with one attached hydrogen (secondary N) is 3. The molecule has 0 aliphatic rings. The first kappa shape index (κ1) is 30.7. The fourth-order valence-electron chi connectivity index (χ4n) is 3.55. The molecule has 0 aromatic rings. The molecule has 0 rings (SSSR count). The minimum atomic E-state index is -1.30. The van der Waals surface area contributed by atoms with E-state index < -0.39 is 11.8 Å². The largest absolute Gasteiger partial charge is 0.464 e. The molecule has 1 amide bonds. The van der Waals surface area contributed by atoms with Gasteiger partial charge >= 0.3 is 5.97 Å². The lowest BCUT2D eigenvalue weighted by Gasteiger charge is -2.36. The van der Waals surface area contributed by atoms with E-state index in [2.05, 4.69) is 22.9 Å². The Balaban J connectivity index is 4.37. The fourth-order valence-corrected chi connectivity index (χ4v) is 3.55. The van der Waals surface area contributed by atoms with E-state index in [1.54, 1.807) is 0 Å². The Kier molecular flexibility index (Phi) is 20.7. The predicted molar refractivity (Wildman–Crippen MR) is 127 cm³/mol. The van der Waals surface area contributed by atoms with Gasteiger partial charge in [0, 0.05) is 26.1 Å². The predicted octanol–water partition coefficient (Wildman–Crippen LogP) is 1.51. The summed E-state index contributed by atoms with van der Waals surface area (Å²) in [5, 5.41) is 27.1. The SMILES string of the molecule is CCCCCCCCCCCCCC(=O)NC(CC(=O)OCCN)(NCCO)NCCO. The summed E-state index contributed by atoms with van der Waals surface area (Å²) >= 11 is 0. The van der Waals surface area contributed by atoms with Crippen molar-refractivity contribution in [3.63, 3.8) is 0 Å². The zero-order valence-electron chi connectivity index (χ0n) is 20.1. The van der Waals surface area contributed by atoms with Crippen LogP contribution in [0.4, 0.5) is 0 Å². The second kappa shape index (κ2) is 21.6. The highest BCUT2D eigenvalue weighted by Gasteiger charge is 2.34. The van der Waals surface area contributed by atoms with Crippen LogP contribution in [0.5, 0.6) is 0 Å². The number of aliphatic hydroxyl groups excluding tert-OH is 2. The summed E-state index contributed by atoms with van der Waals surface area (Å²) in [5.74, 6) is -2.05. The molecule has 9 heteroatoms. The number of unbranched alkanes of at least 4 members (excludes halogenated alkanes) is 10. The Hall–Kier alpha value is -1.26. The molecule has 0 spiro atoms. The average Bonchev–Trinajstić information content (AvgIpc) is 2.78. The monoisotopic (exact) mass is 460 g/mol. The number of aliphatic hydroxyl groups is 2. The number of ether oxygens (including phenoxy) is 1. The minimum absolute atomic E-state index is 0.0849. The molecule has 0 aromatic heterocycles. The Bertz CT molecular complexity index is 458. The number of carbonyl (C=O) groups is 2. The molecular weight excluding hydrogens is 412 g/mol. The van der Waals surface area contributed by atoms with Gasteiger partial charge in [-0.2, -0.15) is 0 Å². The van der Waals surface area contributed by atoms with E-state index in [0.29, 0.717) is 6.42 Å². The van der Waals surface area contributed by atoms with Crippen LogP contribution in [0.25, 0.3) is 0 Å². The van der Waals surface area contributed by atoms with Gasteiger partial charge < -0.3 is 26.0 Å². The molecule has 32 heavy (non-hydrogen) atoms. The van der Waals surface area contributed by atoms with E-state index in [-0.39, 0.29) is 51.8 Å². The number of nitrogens with two attached hydrogens (primary N) is 1. The summed E-state index contributed by atoms with van der Waals surface area (Å²) in [5.41, 5.74) is 5.37. The van der Waals surface area contributed by atoms with Gasteiger partial charge in [-0.3, -0.25) is 20.2 Å². The first-order valence-electron chi connectivity index (χ1n) is 12.4. The molecule has 7 N–H and O–H groups in total. The van der Waals surface area contributed by atoms with Crippen LogP contribution in [0.3, 0.4) is 0 Å². The highest BCUT2D eigenvalue weighted by molar-refractivity contribution is 5.78. The van der Waals surface area contributed by atoms with Crippen LogP contribution in [-0.2, 0) is 14.3 Å². The van der Waals surface area contributed by atoms with Crippen molar-refractivity contribution in [2.75, 3.05) is 39.5 Å². The summed E-state index contributed by atoms with van der Waals surface area (Å²) in [6, 6.07) is 0. The maximum atomic E-state index is 12.6. The van der Waals surface area contributed by atoms with Crippen molar-refractivity contribution in [3.05, 3.63) is 0 Å². The van der Waals surface area contributed by atoms with Crippen molar-refractivity contribution in [2.45, 2.75) is 96.2 Å². The molecule has 0 bridgehead atoms. The number of carbonyl (C=O) groups excluding carboxylic acids is 2. The third kappa shape index (κ3) is 17.3. The van der Waals surface area contributed by atoms with Crippen LogP contribution in [0, 0.1) is 0 Å². The summed E-state index contributed by atoms with van der Waals surface area (Å²) in [6.07, 6.45) is 13.4. The zero-order valence-corrected chi connectivity index (χ0v) is 20.1. The van der Waals surface area contributed by atoms with E-state index in [9.17, 15) is 19.8 Å². The van der Waals surface area contributed by atoms with Gasteiger partial charge in [0.2, 0.25) is 5.91 Å². The highest BCUT2D eigenvalue weighted by atomic mass is 16.5. The van der Waals surface area contributed by atoms with Gasteiger partial charge in [0.05, 0.1) is 19.6 Å². The maximum absolute atomic E-state index is 12.6. The fraction of sp³-hybridized carbons (Fsp3) is 0.913. The lowest BCUT2D eigenvalue weighted by Crippen LogP contribution is -2.69. The van der Waals surface area contributed by atoms with Gasteiger partial charge in [0.15, 0.2) is 5.79 Å². The zero-order chi connectivity index (χ0) is 23.9. The molecule has 0 heterocycles. The van der Waals surface area contributed by atoms with E-state index in [1.807, 2.05) is 0 Å². The van der Waals surface area contributed by atoms with Gasteiger partial charge in [-0.05, 0) is 6.42 Å². The van der Waals surface area contributed by atoms with Crippen molar-refractivity contribution >= 4 is 11.9 Å². The van der Waals surface area contributed by atoms with Crippen LogP contribution >= 0.6 is 0 Å². The van der Waals surface area contributed by atoms with Gasteiger partial charge in [0.1, 0.15) is 6.61 Å². The lowest BCUT2D eigenvalue weighted by molar-refractivity contribution is -0.146. The number of esters is 1. The molecule has 0 saturated carbocycles. The molecule has 0 aliphatic heterocycles. The van der Waals surface area contributed by atoms with Crippen LogP contribution < -0.4 is 21.7 Å². The van der Waals surface area contributed by atoms with Crippen LogP contribution in [0.2, 0.25) is 0 Å². The number of hydrogen-bond donors (Lipinski definition) is 6. The van der Waals surface area contributed by atoms with Gasteiger partial charge in [-0.25, -0.2) is 0 Å². The molecule has 190 valence electrons. The molecule has 0 unspecified atom stereocenters. The second-order valence-corrected chi connectivity index (χ2v) is 8.23.